The lowest BCUT2D eigenvalue weighted by atomic mass is 10.5. The molecule has 14 heavy (non-hydrogen) atoms. The van der Waals surface area contributed by atoms with Gasteiger partial charge in [0, 0.05) is 6.20 Å². The van der Waals surface area contributed by atoms with Crippen LogP contribution in [-0.4, -0.2) is 15.0 Å². The summed E-state index contributed by atoms with van der Waals surface area (Å²) in [6.45, 7) is 0. The number of hydrogen-bond acceptors (Lipinski definition) is 4. The van der Waals surface area contributed by atoms with Crippen LogP contribution in [0.2, 0.25) is 10.3 Å². The number of halogens is 3. The van der Waals surface area contributed by atoms with Gasteiger partial charge in [-0.15, -0.1) is 11.3 Å². The Balaban J connectivity index is 2.57. The van der Waals surface area contributed by atoms with Gasteiger partial charge in [-0.1, -0.05) is 23.2 Å². The van der Waals surface area contributed by atoms with Crippen LogP contribution in [0.1, 0.15) is 0 Å². The van der Waals surface area contributed by atoms with Crippen LogP contribution in [0, 0.1) is 3.57 Å². The molecule has 0 N–H and O–H groups in total. The molecule has 0 aliphatic rings. The van der Waals surface area contributed by atoms with Gasteiger partial charge in [-0.25, -0.2) is 9.97 Å². The van der Waals surface area contributed by atoms with E-state index in [0.717, 1.165) is 4.88 Å². The minimum atomic E-state index is 0.369. The van der Waals surface area contributed by atoms with E-state index in [4.69, 9.17) is 23.2 Å². The van der Waals surface area contributed by atoms with E-state index in [-0.39, 0.29) is 0 Å². The molecular formula is C7H2Cl2IN3S. The van der Waals surface area contributed by atoms with E-state index in [1.165, 1.54) is 11.3 Å². The Morgan fingerprint density at radius 1 is 1.21 bits per heavy atom. The van der Waals surface area contributed by atoms with Crippen molar-refractivity contribution in [3.05, 3.63) is 25.6 Å². The molecular weight excluding hydrogens is 356 g/mol. The minimum Gasteiger partial charge on any atom is -0.252 e. The Hall–Kier alpha value is 0.0200. The smallest absolute Gasteiger partial charge is 0.174 e. The van der Waals surface area contributed by atoms with Crippen LogP contribution in [0.3, 0.4) is 0 Å². The Kier molecular flexibility index (Phi) is 3.20. The molecule has 0 aliphatic heterocycles. The normalized spacial score (nSPS) is 10.5. The summed E-state index contributed by atoms with van der Waals surface area (Å²) in [6, 6.07) is 0. The Bertz CT molecular complexity index is 437. The number of aromatic nitrogens is 3. The summed E-state index contributed by atoms with van der Waals surface area (Å²) in [5, 5.41) is 0.739. The standard InChI is InChI=1S/C7H2Cl2IN3S/c8-5-4(10)6(9)13-7(12-5)3-1-11-2-14-3/h1-2H. The maximum Gasteiger partial charge on any atom is 0.174 e. The van der Waals surface area contributed by atoms with Crippen molar-refractivity contribution in [3.8, 4) is 10.7 Å². The third-order valence-electron chi connectivity index (χ3n) is 1.42. The average molecular weight is 358 g/mol. The van der Waals surface area contributed by atoms with Crippen LogP contribution < -0.4 is 0 Å². The molecule has 0 radical (unpaired) electrons. The third-order valence-corrected chi connectivity index (χ3v) is 4.40. The van der Waals surface area contributed by atoms with E-state index in [1.54, 1.807) is 11.7 Å². The molecule has 2 aromatic rings. The fraction of sp³-hybridized carbons (Fsp3) is 0. The van der Waals surface area contributed by atoms with Gasteiger partial charge in [0.2, 0.25) is 0 Å². The summed E-state index contributed by atoms with van der Waals surface area (Å²) in [4.78, 5) is 13.0. The Morgan fingerprint density at radius 2 is 1.86 bits per heavy atom. The molecule has 0 saturated carbocycles. The highest BCUT2D eigenvalue weighted by Crippen LogP contribution is 2.27. The summed E-state index contributed by atoms with van der Waals surface area (Å²) in [6.07, 6.45) is 1.68. The van der Waals surface area contributed by atoms with Crippen molar-refractivity contribution in [1.29, 1.82) is 0 Å². The van der Waals surface area contributed by atoms with Crippen LogP contribution in [0.25, 0.3) is 10.7 Å². The highest BCUT2D eigenvalue weighted by atomic mass is 127. The van der Waals surface area contributed by atoms with Gasteiger partial charge in [0.25, 0.3) is 0 Å². The number of hydrogen-bond donors (Lipinski definition) is 0. The molecule has 0 saturated heterocycles. The molecule has 0 bridgehead atoms. The molecule has 2 aromatic heterocycles. The zero-order chi connectivity index (χ0) is 10.1. The molecule has 0 aromatic carbocycles. The molecule has 7 heteroatoms. The van der Waals surface area contributed by atoms with Crippen LogP contribution in [0.5, 0.6) is 0 Å². The van der Waals surface area contributed by atoms with E-state index < -0.39 is 0 Å². The topological polar surface area (TPSA) is 38.7 Å². The van der Waals surface area contributed by atoms with Gasteiger partial charge >= 0.3 is 0 Å². The lowest BCUT2D eigenvalue weighted by Gasteiger charge is -2.00. The summed E-state index contributed by atoms with van der Waals surface area (Å²) in [5.41, 5.74) is 1.71. The largest absolute Gasteiger partial charge is 0.252 e. The van der Waals surface area contributed by atoms with E-state index in [1.807, 2.05) is 22.6 Å². The molecule has 72 valence electrons. The van der Waals surface area contributed by atoms with Gasteiger partial charge in [-0.3, -0.25) is 4.98 Å². The SMILES string of the molecule is Clc1nc(-c2cncs2)nc(Cl)c1I. The molecule has 0 unspecified atom stereocenters. The van der Waals surface area contributed by atoms with Crippen molar-refractivity contribution in [2.45, 2.75) is 0 Å². The fourth-order valence-electron chi connectivity index (χ4n) is 0.831. The zero-order valence-electron chi connectivity index (χ0n) is 6.54. The van der Waals surface area contributed by atoms with Gasteiger partial charge in [-0.2, -0.15) is 0 Å². The second-order valence-corrected chi connectivity index (χ2v) is 4.99. The molecule has 0 amide bonds. The maximum absolute atomic E-state index is 5.88. The van der Waals surface area contributed by atoms with Crippen LogP contribution >= 0.6 is 57.1 Å². The lowest BCUT2D eigenvalue weighted by Crippen LogP contribution is -1.92. The lowest BCUT2D eigenvalue weighted by molar-refractivity contribution is 1.16. The van der Waals surface area contributed by atoms with E-state index >= 15 is 0 Å². The van der Waals surface area contributed by atoms with Gasteiger partial charge < -0.3 is 0 Å². The summed E-state index contributed by atoms with van der Waals surface area (Å²) in [5.74, 6) is 0.517. The van der Waals surface area contributed by atoms with Crippen LogP contribution in [0.4, 0.5) is 0 Å². The predicted octanol–water partition coefficient (Wildman–Crippen LogP) is 3.51. The first-order valence-electron chi connectivity index (χ1n) is 3.46. The summed E-state index contributed by atoms with van der Waals surface area (Å²) in [7, 11) is 0. The minimum absolute atomic E-state index is 0.369. The predicted molar refractivity (Wildman–Crippen MR) is 65.9 cm³/mol. The van der Waals surface area contributed by atoms with Gasteiger partial charge in [0.05, 0.1) is 14.0 Å². The number of thiazole rings is 1. The number of rotatable bonds is 1. The molecule has 0 atom stereocenters. The Morgan fingerprint density at radius 3 is 2.36 bits per heavy atom. The average Bonchev–Trinajstić information content (AvgIpc) is 2.66. The van der Waals surface area contributed by atoms with Crippen molar-refractivity contribution in [1.82, 2.24) is 15.0 Å². The summed E-state index contributed by atoms with van der Waals surface area (Å²) >= 11 is 15.2. The second-order valence-electron chi connectivity index (χ2n) is 2.31. The number of nitrogens with zero attached hydrogens (tertiary/aromatic N) is 3. The van der Waals surface area contributed by atoms with Crippen LogP contribution in [-0.2, 0) is 0 Å². The van der Waals surface area contributed by atoms with E-state index in [9.17, 15) is 0 Å². The molecule has 0 aliphatic carbocycles. The highest BCUT2D eigenvalue weighted by Gasteiger charge is 2.10. The van der Waals surface area contributed by atoms with Crippen molar-refractivity contribution >= 4 is 57.1 Å². The van der Waals surface area contributed by atoms with Crippen molar-refractivity contribution < 1.29 is 0 Å². The van der Waals surface area contributed by atoms with Crippen molar-refractivity contribution in [3.63, 3.8) is 0 Å². The maximum atomic E-state index is 5.88. The molecule has 0 fully saturated rings. The first-order valence-corrected chi connectivity index (χ1v) is 6.17. The zero-order valence-corrected chi connectivity index (χ0v) is 11.0. The van der Waals surface area contributed by atoms with Crippen molar-refractivity contribution in [2.75, 3.05) is 0 Å². The van der Waals surface area contributed by atoms with Crippen LogP contribution in [0.15, 0.2) is 11.7 Å². The molecule has 2 heterocycles. The molecule has 3 nitrogen and oxygen atoms in total. The second kappa shape index (κ2) is 4.26. The van der Waals surface area contributed by atoms with Gasteiger partial charge in [0.1, 0.15) is 10.3 Å². The van der Waals surface area contributed by atoms with Gasteiger partial charge in [0.15, 0.2) is 5.82 Å². The first kappa shape index (κ1) is 10.5. The Labute approximate surface area is 108 Å². The van der Waals surface area contributed by atoms with Gasteiger partial charge in [-0.05, 0) is 22.6 Å². The van der Waals surface area contributed by atoms with E-state index in [0.29, 0.717) is 19.7 Å². The summed E-state index contributed by atoms with van der Waals surface area (Å²) < 4.78 is 0.666. The monoisotopic (exact) mass is 357 g/mol. The first-order chi connectivity index (χ1) is 6.68. The quantitative estimate of drug-likeness (QED) is 0.579. The van der Waals surface area contributed by atoms with E-state index in [2.05, 4.69) is 15.0 Å². The van der Waals surface area contributed by atoms with Crippen molar-refractivity contribution in [2.24, 2.45) is 0 Å². The fourth-order valence-corrected chi connectivity index (χ4v) is 2.01. The molecule has 0 spiro atoms. The third kappa shape index (κ3) is 2.00. The molecule has 2 rings (SSSR count). The highest BCUT2D eigenvalue weighted by molar-refractivity contribution is 14.1.